The topological polar surface area (TPSA) is 117 Å². The zero-order chi connectivity index (χ0) is 20.6. The summed E-state index contributed by atoms with van der Waals surface area (Å²) in [5.74, 6) is -1.49. The minimum absolute atomic E-state index is 0.0569. The van der Waals surface area contributed by atoms with E-state index >= 15 is 0 Å². The molecule has 0 radical (unpaired) electrons. The molecule has 2 unspecified atom stereocenters. The molecule has 2 heterocycles. The van der Waals surface area contributed by atoms with E-state index in [1.807, 2.05) is 30.3 Å². The lowest BCUT2D eigenvalue weighted by atomic mass is 10.1. The fraction of sp³-hybridized carbons (Fsp3) is 0.500. The number of hydrogen-bond donors (Lipinski definition) is 3. The highest BCUT2D eigenvalue weighted by atomic mass is 16.5. The number of amides is 3. The third kappa shape index (κ3) is 5.77. The molecule has 2 fully saturated rings. The number of hydrogen-bond acceptors (Lipinski definition) is 6. The van der Waals surface area contributed by atoms with Crippen molar-refractivity contribution >= 4 is 23.7 Å². The number of carbonyl (C=O) groups is 4. The fourth-order valence-corrected chi connectivity index (χ4v) is 3.47. The van der Waals surface area contributed by atoms with Crippen molar-refractivity contribution in [1.29, 1.82) is 0 Å². The van der Waals surface area contributed by atoms with Gasteiger partial charge in [0, 0.05) is 32.6 Å². The number of benzene rings is 1. The normalized spacial score (nSPS) is 21.9. The zero-order valence-corrected chi connectivity index (χ0v) is 16.2. The van der Waals surface area contributed by atoms with Crippen molar-refractivity contribution in [2.24, 2.45) is 0 Å². The van der Waals surface area contributed by atoms with E-state index in [4.69, 9.17) is 4.74 Å². The SMILES string of the molecule is O=C(CC1C(=O)NCCN1C(=O)CC1NCCNC1=O)OCCc1ccccc1. The standard InChI is InChI=1S/C20H26N4O5/c25-17(12-15-19(27)22-8-7-21-15)24-10-9-23-20(28)16(24)13-18(26)29-11-6-14-4-2-1-3-5-14/h1-5,15-16,21H,6-13H2,(H,22,27)(H,23,28). The van der Waals surface area contributed by atoms with Crippen LogP contribution in [0.5, 0.6) is 0 Å². The molecule has 0 aromatic heterocycles. The number of esters is 1. The van der Waals surface area contributed by atoms with Gasteiger partial charge in [0.05, 0.1) is 25.5 Å². The summed E-state index contributed by atoms with van der Waals surface area (Å²) < 4.78 is 5.26. The molecule has 29 heavy (non-hydrogen) atoms. The van der Waals surface area contributed by atoms with Crippen molar-refractivity contribution < 1.29 is 23.9 Å². The highest BCUT2D eigenvalue weighted by Gasteiger charge is 2.37. The van der Waals surface area contributed by atoms with E-state index < -0.39 is 18.1 Å². The Labute approximate surface area is 169 Å². The van der Waals surface area contributed by atoms with Crippen LogP contribution in [-0.2, 0) is 30.3 Å². The first-order valence-corrected chi connectivity index (χ1v) is 9.82. The summed E-state index contributed by atoms with van der Waals surface area (Å²) in [5.41, 5.74) is 1.05. The van der Waals surface area contributed by atoms with E-state index in [1.54, 1.807) is 0 Å². The molecule has 3 rings (SSSR count). The van der Waals surface area contributed by atoms with Gasteiger partial charge in [-0.1, -0.05) is 30.3 Å². The van der Waals surface area contributed by atoms with E-state index in [9.17, 15) is 19.2 Å². The number of nitrogens with zero attached hydrogens (tertiary/aromatic N) is 1. The van der Waals surface area contributed by atoms with Crippen molar-refractivity contribution in [3.05, 3.63) is 35.9 Å². The predicted octanol–water partition coefficient (Wildman–Crippen LogP) is -1.03. The first-order valence-electron chi connectivity index (χ1n) is 9.82. The van der Waals surface area contributed by atoms with Crippen molar-refractivity contribution in [3.63, 3.8) is 0 Å². The molecular formula is C20H26N4O5. The Morgan fingerprint density at radius 1 is 1.00 bits per heavy atom. The minimum atomic E-state index is -0.924. The van der Waals surface area contributed by atoms with Crippen LogP contribution in [-0.4, -0.2) is 73.5 Å². The van der Waals surface area contributed by atoms with Gasteiger partial charge in [0.1, 0.15) is 6.04 Å². The summed E-state index contributed by atoms with van der Waals surface area (Å²) in [6, 6.07) is 8.07. The molecule has 2 aliphatic rings. The Bertz CT molecular complexity index is 754. The Balaban J connectivity index is 1.53. The van der Waals surface area contributed by atoms with Gasteiger partial charge in [-0.25, -0.2) is 0 Å². The van der Waals surface area contributed by atoms with Crippen LogP contribution < -0.4 is 16.0 Å². The van der Waals surface area contributed by atoms with Gasteiger partial charge < -0.3 is 25.6 Å². The summed E-state index contributed by atoms with van der Waals surface area (Å²) in [6.07, 6.45) is 0.309. The molecule has 1 aromatic carbocycles. The molecule has 0 spiro atoms. The molecular weight excluding hydrogens is 376 g/mol. The highest BCUT2D eigenvalue weighted by molar-refractivity contribution is 5.94. The van der Waals surface area contributed by atoms with Gasteiger partial charge in [-0.15, -0.1) is 0 Å². The minimum Gasteiger partial charge on any atom is -0.465 e. The van der Waals surface area contributed by atoms with Crippen LogP contribution in [0.1, 0.15) is 18.4 Å². The largest absolute Gasteiger partial charge is 0.465 e. The van der Waals surface area contributed by atoms with Crippen molar-refractivity contribution in [3.8, 4) is 0 Å². The van der Waals surface area contributed by atoms with Crippen LogP contribution in [0.15, 0.2) is 30.3 Å². The van der Waals surface area contributed by atoms with Gasteiger partial charge in [-0.3, -0.25) is 19.2 Å². The van der Waals surface area contributed by atoms with Gasteiger partial charge in [-0.05, 0) is 5.56 Å². The van der Waals surface area contributed by atoms with Gasteiger partial charge in [0.2, 0.25) is 17.7 Å². The average molecular weight is 402 g/mol. The average Bonchev–Trinajstić information content (AvgIpc) is 2.72. The summed E-state index contributed by atoms with van der Waals surface area (Å²) >= 11 is 0. The lowest BCUT2D eigenvalue weighted by Gasteiger charge is -2.35. The smallest absolute Gasteiger partial charge is 0.308 e. The number of rotatable bonds is 7. The second-order valence-corrected chi connectivity index (χ2v) is 7.06. The summed E-state index contributed by atoms with van der Waals surface area (Å²) in [5, 5.41) is 8.38. The van der Waals surface area contributed by atoms with Crippen LogP contribution in [0.3, 0.4) is 0 Å². The first-order chi connectivity index (χ1) is 14.0. The molecule has 0 aliphatic carbocycles. The van der Waals surface area contributed by atoms with Gasteiger partial charge in [0.25, 0.3) is 0 Å². The van der Waals surface area contributed by atoms with Crippen LogP contribution in [0.25, 0.3) is 0 Å². The zero-order valence-electron chi connectivity index (χ0n) is 16.2. The Hall–Kier alpha value is -2.94. The Morgan fingerprint density at radius 2 is 1.76 bits per heavy atom. The molecule has 9 heteroatoms. The molecule has 0 bridgehead atoms. The monoisotopic (exact) mass is 402 g/mol. The van der Waals surface area contributed by atoms with Gasteiger partial charge in [0.15, 0.2) is 0 Å². The maximum atomic E-state index is 12.7. The Kier molecular flexibility index (Phi) is 7.18. The van der Waals surface area contributed by atoms with Crippen LogP contribution in [0.2, 0.25) is 0 Å². The van der Waals surface area contributed by atoms with Crippen molar-refractivity contribution in [1.82, 2.24) is 20.9 Å². The van der Waals surface area contributed by atoms with Crippen molar-refractivity contribution in [2.75, 3.05) is 32.8 Å². The molecule has 3 N–H and O–H groups in total. The van der Waals surface area contributed by atoms with Crippen molar-refractivity contribution in [2.45, 2.75) is 31.3 Å². The van der Waals surface area contributed by atoms with E-state index in [-0.39, 0.29) is 37.2 Å². The summed E-state index contributed by atoms with van der Waals surface area (Å²) in [6.45, 7) is 1.92. The lowest BCUT2D eigenvalue weighted by molar-refractivity contribution is -0.152. The van der Waals surface area contributed by atoms with E-state index in [1.165, 1.54) is 4.90 Å². The summed E-state index contributed by atoms with van der Waals surface area (Å²) in [4.78, 5) is 50.5. The molecule has 2 aliphatic heterocycles. The van der Waals surface area contributed by atoms with Crippen LogP contribution in [0, 0.1) is 0 Å². The fourth-order valence-electron chi connectivity index (χ4n) is 3.47. The van der Waals surface area contributed by atoms with E-state index in [0.29, 0.717) is 32.6 Å². The lowest BCUT2D eigenvalue weighted by Crippen LogP contribution is -2.60. The number of nitrogens with one attached hydrogen (secondary N) is 3. The number of piperazine rings is 2. The third-order valence-electron chi connectivity index (χ3n) is 5.02. The number of carbonyl (C=O) groups excluding carboxylic acids is 4. The molecule has 156 valence electrons. The molecule has 2 atom stereocenters. The summed E-state index contributed by atoms with van der Waals surface area (Å²) in [7, 11) is 0. The maximum Gasteiger partial charge on any atom is 0.308 e. The van der Waals surface area contributed by atoms with Crippen LogP contribution >= 0.6 is 0 Å². The van der Waals surface area contributed by atoms with E-state index in [2.05, 4.69) is 16.0 Å². The molecule has 0 saturated carbocycles. The van der Waals surface area contributed by atoms with Gasteiger partial charge >= 0.3 is 5.97 Å². The third-order valence-corrected chi connectivity index (χ3v) is 5.02. The second kappa shape index (κ2) is 10.0. The maximum absolute atomic E-state index is 12.7. The predicted molar refractivity (Wildman–Crippen MR) is 104 cm³/mol. The quantitative estimate of drug-likeness (QED) is 0.502. The van der Waals surface area contributed by atoms with Crippen LogP contribution in [0.4, 0.5) is 0 Å². The molecule has 3 amide bonds. The molecule has 1 aromatic rings. The second-order valence-electron chi connectivity index (χ2n) is 7.06. The number of ether oxygens (including phenoxy) is 1. The highest BCUT2D eigenvalue weighted by Crippen LogP contribution is 2.13. The molecule has 9 nitrogen and oxygen atoms in total. The molecule has 2 saturated heterocycles. The van der Waals surface area contributed by atoms with E-state index in [0.717, 1.165) is 5.56 Å². The van der Waals surface area contributed by atoms with Gasteiger partial charge in [-0.2, -0.15) is 0 Å². The first kappa shape index (κ1) is 20.8. The Morgan fingerprint density at radius 3 is 2.52 bits per heavy atom.